The second kappa shape index (κ2) is 8.72. The lowest BCUT2D eigenvalue weighted by Gasteiger charge is -2.07. The zero-order valence-electron chi connectivity index (χ0n) is 14.0. The standard InChI is InChI=1S/C20H10Cl4N2O2/c21-12-4-6-14(16(23)9-12)18-7-5-13(28-18)8-11(10-25)20(27)26-17-3-1-2-15(22)19(17)24/h1-9H,(H,26,27)/b11-8+. The normalized spacial score (nSPS) is 11.2. The van der Waals surface area contributed by atoms with Gasteiger partial charge in [0, 0.05) is 16.7 Å². The number of carbonyl (C=O) groups excluding carboxylic acids is 1. The third-order valence-corrected chi connectivity index (χ3v) is 5.04. The Bertz CT molecular complexity index is 1130. The molecule has 2 aromatic carbocycles. The first kappa shape index (κ1) is 20.3. The predicted molar refractivity (Wildman–Crippen MR) is 113 cm³/mol. The molecule has 0 unspecified atom stereocenters. The number of hydrogen-bond acceptors (Lipinski definition) is 3. The van der Waals surface area contributed by atoms with Crippen molar-refractivity contribution < 1.29 is 9.21 Å². The number of hydrogen-bond donors (Lipinski definition) is 1. The molecular formula is C20H10Cl4N2O2. The third kappa shape index (κ3) is 4.52. The molecule has 4 nitrogen and oxygen atoms in total. The van der Waals surface area contributed by atoms with E-state index in [0.29, 0.717) is 32.8 Å². The Labute approximate surface area is 180 Å². The van der Waals surface area contributed by atoms with E-state index in [9.17, 15) is 10.1 Å². The van der Waals surface area contributed by atoms with Crippen LogP contribution in [-0.4, -0.2) is 5.91 Å². The molecule has 1 amide bonds. The van der Waals surface area contributed by atoms with Gasteiger partial charge in [-0.25, -0.2) is 0 Å². The Morgan fingerprint density at radius 2 is 1.82 bits per heavy atom. The number of anilines is 1. The van der Waals surface area contributed by atoms with Crippen molar-refractivity contribution in [1.82, 2.24) is 0 Å². The van der Waals surface area contributed by atoms with Crippen molar-refractivity contribution in [3.63, 3.8) is 0 Å². The summed E-state index contributed by atoms with van der Waals surface area (Å²) in [5.41, 5.74) is 0.770. The molecule has 0 aliphatic rings. The molecular weight excluding hydrogens is 442 g/mol. The Morgan fingerprint density at radius 3 is 2.54 bits per heavy atom. The Hall–Kier alpha value is -2.42. The first-order valence-electron chi connectivity index (χ1n) is 7.81. The molecule has 3 rings (SSSR count). The van der Waals surface area contributed by atoms with Crippen LogP contribution in [-0.2, 0) is 4.79 Å². The predicted octanol–water partition coefficient (Wildman–Crippen LogP) is 7.11. The van der Waals surface area contributed by atoms with Crippen molar-refractivity contribution in [3.8, 4) is 17.4 Å². The molecule has 1 aromatic heterocycles. The van der Waals surface area contributed by atoms with Gasteiger partial charge in [0.25, 0.3) is 5.91 Å². The third-order valence-electron chi connectivity index (χ3n) is 3.67. The summed E-state index contributed by atoms with van der Waals surface area (Å²) >= 11 is 24.1. The number of carbonyl (C=O) groups is 1. The van der Waals surface area contributed by atoms with Crippen molar-refractivity contribution in [2.24, 2.45) is 0 Å². The van der Waals surface area contributed by atoms with Crippen molar-refractivity contribution >= 4 is 64.1 Å². The SMILES string of the molecule is N#C/C(=C\c1ccc(-c2ccc(Cl)cc2Cl)o1)C(=O)Nc1cccc(Cl)c1Cl. The van der Waals surface area contributed by atoms with E-state index in [4.69, 9.17) is 50.8 Å². The van der Waals surface area contributed by atoms with Crippen molar-refractivity contribution in [2.75, 3.05) is 5.32 Å². The average molecular weight is 452 g/mol. The van der Waals surface area contributed by atoms with E-state index in [2.05, 4.69) is 5.32 Å². The lowest BCUT2D eigenvalue weighted by atomic mass is 10.2. The van der Waals surface area contributed by atoms with E-state index >= 15 is 0 Å². The maximum Gasteiger partial charge on any atom is 0.266 e. The van der Waals surface area contributed by atoms with Crippen molar-refractivity contribution in [2.45, 2.75) is 0 Å². The summed E-state index contributed by atoms with van der Waals surface area (Å²) < 4.78 is 5.68. The van der Waals surface area contributed by atoms with Gasteiger partial charge in [0.2, 0.25) is 0 Å². The van der Waals surface area contributed by atoms with Crippen LogP contribution in [0.25, 0.3) is 17.4 Å². The topological polar surface area (TPSA) is 66.0 Å². The number of amides is 1. The maximum absolute atomic E-state index is 12.4. The van der Waals surface area contributed by atoms with E-state index in [1.54, 1.807) is 48.5 Å². The quantitative estimate of drug-likeness (QED) is 0.339. The van der Waals surface area contributed by atoms with E-state index in [-0.39, 0.29) is 15.6 Å². The summed E-state index contributed by atoms with van der Waals surface area (Å²) in [6.45, 7) is 0. The molecule has 0 atom stereocenters. The van der Waals surface area contributed by atoms with Crippen LogP contribution in [0.1, 0.15) is 5.76 Å². The fraction of sp³-hybridized carbons (Fsp3) is 0. The molecule has 0 saturated carbocycles. The number of nitrogens with zero attached hydrogens (tertiary/aromatic N) is 1. The Morgan fingerprint density at radius 1 is 1.04 bits per heavy atom. The smallest absolute Gasteiger partial charge is 0.266 e. The first-order valence-corrected chi connectivity index (χ1v) is 9.32. The van der Waals surface area contributed by atoms with Crippen LogP contribution in [0.3, 0.4) is 0 Å². The highest BCUT2D eigenvalue weighted by atomic mass is 35.5. The molecule has 28 heavy (non-hydrogen) atoms. The molecule has 1 heterocycles. The summed E-state index contributed by atoms with van der Waals surface area (Å²) in [6, 6.07) is 14.9. The van der Waals surface area contributed by atoms with Crippen LogP contribution in [0.2, 0.25) is 20.1 Å². The van der Waals surface area contributed by atoms with Gasteiger partial charge >= 0.3 is 0 Å². The fourth-order valence-corrected chi connectivity index (χ4v) is 3.19. The van der Waals surface area contributed by atoms with Crippen LogP contribution in [0.5, 0.6) is 0 Å². The monoisotopic (exact) mass is 450 g/mol. The van der Waals surface area contributed by atoms with Gasteiger partial charge in [-0.1, -0.05) is 52.5 Å². The minimum absolute atomic E-state index is 0.167. The minimum atomic E-state index is -0.644. The summed E-state index contributed by atoms with van der Waals surface area (Å²) in [5, 5.41) is 13.3. The van der Waals surface area contributed by atoms with Crippen molar-refractivity contribution in [1.29, 1.82) is 5.26 Å². The Balaban J connectivity index is 1.85. The summed E-state index contributed by atoms with van der Waals surface area (Å²) in [7, 11) is 0. The highest BCUT2D eigenvalue weighted by Gasteiger charge is 2.14. The van der Waals surface area contributed by atoms with E-state index < -0.39 is 5.91 Å². The maximum atomic E-state index is 12.4. The van der Waals surface area contributed by atoms with Gasteiger partial charge in [0.15, 0.2) is 0 Å². The average Bonchev–Trinajstić information content (AvgIpc) is 3.11. The van der Waals surface area contributed by atoms with Gasteiger partial charge in [0.1, 0.15) is 23.2 Å². The number of nitriles is 1. The summed E-state index contributed by atoms with van der Waals surface area (Å²) in [6.07, 6.45) is 1.32. The van der Waals surface area contributed by atoms with Crippen LogP contribution < -0.4 is 5.32 Å². The second-order valence-corrected chi connectivity index (χ2v) is 7.18. The van der Waals surface area contributed by atoms with Gasteiger partial charge in [-0.15, -0.1) is 0 Å². The molecule has 0 spiro atoms. The molecule has 0 aliphatic carbocycles. The van der Waals surface area contributed by atoms with Crippen LogP contribution in [0, 0.1) is 11.3 Å². The largest absolute Gasteiger partial charge is 0.457 e. The lowest BCUT2D eigenvalue weighted by molar-refractivity contribution is -0.112. The summed E-state index contributed by atoms with van der Waals surface area (Å²) in [4.78, 5) is 12.4. The molecule has 1 N–H and O–H groups in total. The molecule has 3 aromatic rings. The highest BCUT2D eigenvalue weighted by molar-refractivity contribution is 6.44. The first-order chi connectivity index (χ1) is 13.4. The number of halogens is 4. The zero-order valence-corrected chi connectivity index (χ0v) is 17.0. The molecule has 140 valence electrons. The van der Waals surface area contributed by atoms with E-state index in [1.807, 2.05) is 6.07 Å². The number of furan rings is 1. The van der Waals surface area contributed by atoms with E-state index in [0.717, 1.165) is 0 Å². The number of benzene rings is 2. The van der Waals surface area contributed by atoms with Crippen molar-refractivity contribution in [3.05, 3.63) is 80.0 Å². The van der Waals surface area contributed by atoms with E-state index in [1.165, 1.54) is 6.08 Å². The number of nitrogens with one attached hydrogen (secondary N) is 1. The fourth-order valence-electron chi connectivity index (χ4n) is 2.35. The second-order valence-electron chi connectivity index (χ2n) is 5.55. The lowest BCUT2D eigenvalue weighted by Crippen LogP contribution is -2.13. The van der Waals surface area contributed by atoms with Crippen LogP contribution in [0.4, 0.5) is 5.69 Å². The highest BCUT2D eigenvalue weighted by Crippen LogP contribution is 2.32. The molecule has 8 heteroatoms. The minimum Gasteiger partial charge on any atom is -0.457 e. The molecule has 0 radical (unpaired) electrons. The van der Waals surface area contributed by atoms with Crippen LogP contribution >= 0.6 is 46.4 Å². The number of rotatable bonds is 4. The molecule has 0 aliphatic heterocycles. The Kier molecular flexibility index (Phi) is 6.33. The van der Waals surface area contributed by atoms with Gasteiger partial charge < -0.3 is 9.73 Å². The molecule has 0 fully saturated rings. The van der Waals surface area contributed by atoms with Gasteiger partial charge in [-0.3, -0.25) is 4.79 Å². The van der Waals surface area contributed by atoms with Gasteiger partial charge in [0.05, 0.1) is 20.8 Å². The van der Waals surface area contributed by atoms with Gasteiger partial charge in [-0.05, 0) is 42.5 Å². The summed E-state index contributed by atoms with van der Waals surface area (Å²) in [5.74, 6) is 0.141. The zero-order chi connectivity index (χ0) is 20.3. The molecule has 0 saturated heterocycles. The van der Waals surface area contributed by atoms with Gasteiger partial charge in [-0.2, -0.15) is 5.26 Å². The van der Waals surface area contributed by atoms with Crippen LogP contribution in [0.15, 0.2) is 58.5 Å². The molecule has 0 bridgehead atoms.